The van der Waals surface area contributed by atoms with Gasteiger partial charge >= 0.3 is 12.2 Å². The molecular weight excluding hydrogens is 384 g/mol. The van der Waals surface area contributed by atoms with Gasteiger partial charge in [-0.05, 0) is 72.9 Å². The van der Waals surface area contributed by atoms with Gasteiger partial charge in [-0.25, -0.2) is 14.5 Å². The van der Waals surface area contributed by atoms with Crippen molar-refractivity contribution in [3.05, 3.63) is 29.8 Å². The summed E-state index contributed by atoms with van der Waals surface area (Å²) in [7, 11) is 0. The Morgan fingerprint density at radius 1 is 0.933 bits per heavy atom. The Balaban J connectivity index is 1.91. The lowest BCUT2D eigenvalue weighted by molar-refractivity contribution is -0.0508. The van der Waals surface area contributed by atoms with Crippen LogP contribution < -0.4 is 4.90 Å². The third-order valence-corrected chi connectivity index (χ3v) is 5.85. The van der Waals surface area contributed by atoms with E-state index in [1.165, 1.54) is 4.90 Å². The summed E-state index contributed by atoms with van der Waals surface area (Å²) in [6.07, 6.45) is 0.0872. The topological polar surface area (TPSA) is 79.3 Å². The molecule has 0 saturated carbocycles. The molecule has 0 aliphatic carbocycles. The molecule has 30 heavy (non-hydrogen) atoms. The van der Waals surface area contributed by atoms with Crippen LogP contribution in [0.1, 0.15) is 66.9 Å². The van der Waals surface area contributed by atoms with Crippen LogP contribution in [-0.2, 0) is 14.9 Å². The molecule has 1 spiro atoms. The molecule has 2 aliphatic rings. The van der Waals surface area contributed by atoms with Gasteiger partial charge in [0.2, 0.25) is 0 Å². The fourth-order valence-corrected chi connectivity index (χ4v) is 4.50. The molecule has 0 aromatic heterocycles. The number of amides is 2. The largest absolute Gasteiger partial charge is 0.444 e. The molecule has 1 atom stereocenters. The lowest BCUT2D eigenvalue weighted by Gasteiger charge is -2.48. The zero-order valence-electron chi connectivity index (χ0n) is 19.1. The van der Waals surface area contributed by atoms with Crippen LogP contribution in [0.15, 0.2) is 24.3 Å². The summed E-state index contributed by atoms with van der Waals surface area (Å²) in [5.41, 5.74) is -1.87. The van der Waals surface area contributed by atoms with E-state index in [1.54, 1.807) is 32.6 Å². The zero-order valence-corrected chi connectivity index (χ0v) is 19.1. The predicted molar refractivity (Wildman–Crippen MR) is 114 cm³/mol. The highest BCUT2D eigenvalue weighted by Gasteiger charge is 2.62. The first-order valence-corrected chi connectivity index (χ1v) is 10.5. The minimum atomic E-state index is -1.49. The van der Waals surface area contributed by atoms with Crippen molar-refractivity contribution in [1.82, 2.24) is 4.90 Å². The van der Waals surface area contributed by atoms with Gasteiger partial charge in [0.1, 0.15) is 11.2 Å². The molecule has 0 radical (unpaired) electrons. The summed E-state index contributed by atoms with van der Waals surface area (Å²) in [5.74, 6) is 0. The van der Waals surface area contributed by atoms with E-state index in [-0.39, 0.29) is 6.09 Å². The number of likely N-dealkylation sites (tertiary alicyclic amines) is 1. The van der Waals surface area contributed by atoms with Gasteiger partial charge in [-0.1, -0.05) is 18.2 Å². The summed E-state index contributed by atoms with van der Waals surface area (Å²) in [6.45, 7) is 13.5. The van der Waals surface area contributed by atoms with Crippen LogP contribution in [0.2, 0.25) is 0 Å². The number of carbonyl (C=O) groups excluding carboxylic acids is 2. The van der Waals surface area contributed by atoms with E-state index in [0.29, 0.717) is 31.6 Å². The van der Waals surface area contributed by atoms with Crippen LogP contribution in [0.4, 0.5) is 15.3 Å². The fraction of sp³-hybridized carbons (Fsp3) is 0.652. The summed E-state index contributed by atoms with van der Waals surface area (Å²) < 4.78 is 11.1. The van der Waals surface area contributed by atoms with E-state index in [2.05, 4.69) is 0 Å². The molecule has 1 fully saturated rings. The number of hydrogen-bond acceptors (Lipinski definition) is 5. The van der Waals surface area contributed by atoms with Crippen molar-refractivity contribution < 1.29 is 24.2 Å². The highest BCUT2D eigenvalue weighted by atomic mass is 16.6. The molecule has 2 heterocycles. The molecular formula is C23H34N2O5. The summed E-state index contributed by atoms with van der Waals surface area (Å²) in [4.78, 5) is 28.6. The van der Waals surface area contributed by atoms with Gasteiger partial charge in [-0.15, -0.1) is 0 Å². The molecule has 7 nitrogen and oxygen atoms in total. The summed E-state index contributed by atoms with van der Waals surface area (Å²) in [6, 6.07) is 7.55. The zero-order chi connectivity index (χ0) is 22.5. The second-order valence-corrected chi connectivity index (χ2v) is 10.4. The molecule has 0 bridgehead atoms. The van der Waals surface area contributed by atoms with Crippen molar-refractivity contribution >= 4 is 17.9 Å². The minimum Gasteiger partial charge on any atom is -0.444 e. The van der Waals surface area contributed by atoms with E-state index >= 15 is 0 Å². The SMILES string of the molecule is CC(C)(C)OC(=O)N1CCC2(CC1)c1ccccc1N(C(=O)OC(C)(C)C)C2(C)O. The van der Waals surface area contributed by atoms with Gasteiger partial charge in [-0.2, -0.15) is 0 Å². The summed E-state index contributed by atoms with van der Waals surface area (Å²) >= 11 is 0. The predicted octanol–water partition coefficient (Wildman–Crippen LogP) is 4.42. The van der Waals surface area contributed by atoms with Crippen LogP contribution in [-0.4, -0.2) is 52.2 Å². The Labute approximate surface area is 178 Å². The van der Waals surface area contributed by atoms with Crippen molar-refractivity contribution in [2.24, 2.45) is 0 Å². The molecule has 2 amide bonds. The molecule has 1 N–H and O–H groups in total. The molecule has 2 aliphatic heterocycles. The Bertz CT molecular complexity index is 827. The first kappa shape index (κ1) is 22.4. The smallest absolute Gasteiger partial charge is 0.417 e. The van der Waals surface area contributed by atoms with Crippen LogP contribution in [0.3, 0.4) is 0 Å². The van der Waals surface area contributed by atoms with Crippen molar-refractivity contribution in [3.8, 4) is 0 Å². The van der Waals surface area contributed by atoms with E-state index in [9.17, 15) is 14.7 Å². The number of piperidine rings is 1. The maximum absolute atomic E-state index is 13.1. The van der Waals surface area contributed by atoms with E-state index < -0.39 is 28.4 Å². The Kier molecular flexibility index (Phi) is 5.34. The number of anilines is 1. The van der Waals surface area contributed by atoms with Crippen LogP contribution >= 0.6 is 0 Å². The number of para-hydroxylation sites is 1. The average molecular weight is 419 g/mol. The van der Waals surface area contributed by atoms with E-state index in [0.717, 1.165) is 5.56 Å². The molecule has 1 saturated heterocycles. The first-order valence-electron chi connectivity index (χ1n) is 10.5. The molecule has 1 aromatic rings. The monoisotopic (exact) mass is 418 g/mol. The van der Waals surface area contributed by atoms with Gasteiger partial charge < -0.3 is 19.5 Å². The number of ether oxygens (including phenoxy) is 2. The second-order valence-electron chi connectivity index (χ2n) is 10.4. The van der Waals surface area contributed by atoms with Crippen molar-refractivity contribution in [3.63, 3.8) is 0 Å². The standard InChI is InChI=1S/C23H34N2O5/c1-20(2,3)29-18(26)24-14-12-23(13-15-24)16-10-8-9-11-17(16)25(22(23,7)28)19(27)30-21(4,5)6/h8-11,28H,12-15H2,1-7H3. The Morgan fingerprint density at radius 3 is 1.97 bits per heavy atom. The second kappa shape index (κ2) is 7.15. The Morgan fingerprint density at radius 2 is 1.43 bits per heavy atom. The number of carbonyl (C=O) groups is 2. The lowest BCUT2D eigenvalue weighted by atomic mass is 9.68. The van der Waals surface area contributed by atoms with Crippen molar-refractivity contribution in [1.29, 1.82) is 0 Å². The van der Waals surface area contributed by atoms with Crippen LogP contribution in [0, 0.1) is 0 Å². The van der Waals surface area contributed by atoms with Crippen molar-refractivity contribution in [2.75, 3.05) is 18.0 Å². The maximum Gasteiger partial charge on any atom is 0.417 e. The minimum absolute atomic E-state index is 0.354. The molecule has 3 rings (SSSR count). The fourth-order valence-electron chi connectivity index (χ4n) is 4.50. The number of rotatable bonds is 0. The molecule has 7 heteroatoms. The van der Waals surface area contributed by atoms with E-state index in [4.69, 9.17) is 9.47 Å². The number of nitrogens with zero attached hydrogens (tertiary/aromatic N) is 2. The highest BCUT2D eigenvalue weighted by Crippen LogP contribution is 2.56. The normalized spacial score (nSPS) is 23.3. The van der Waals surface area contributed by atoms with E-state index in [1.807, 2.05) is 45.0 Å². The number of benzene rings is 1. The number of fused-ring (bicyclic) bond motifs is 2. The van der Waals surface area contributed by atoms with Crippen LogP contribution in [0.5, 0.6) is 0 Å². The average Bonchev–Trinajstić information content (AvgIpc) is 2.77. The third kappa shape index (κ3) is 3.87. The molecule has 1 unspecified atom stereocenters. The van der Waals surface area contributed by atoms with Gasteiger partial charge in [0, 0.05) is 18.5 Å². The van der Waals surface area contributed by atoms with Crippen molar-refractivity contribution in [2.45, 2.75) is 83.6 Å². The number of aliphatic hydroxyl groups is 1. The third-order valence-electron chi connectivity index (χ3n) is 5.85. The van der Waals surface area contributed by atoms with Gasteiger partial charge in [0.05, 0.1) is 5.69 Å². The molecule has 1 aromatic carbocycles. The lowest BCUT2D eigenvalue weighted by Crippen LogP contribution is -2.62. The highest BCUT2D eigenvalue weighted by molar-refractivity contribution is 5.93. The van der Waals surface area contributed by atoms with Crippen LogP contribution in [0.25, 0.3) is 0 Å². The quantitative estimate of drug-likeness (QED) is 0.675. The van der Waals surface area contributed by atoms with Gasteiger partial charge in [0.25, 0.3) is 0 Å². The van der Waals surface area contributed by atoms with Gasteiger partial charge in [0.15, 0.2) is 5.72 Å². The van der Waals surface area contributed by atoms with Gasteiger partial charge in [-0.3, -0.25) is 0 Å². The first-order chi connectivity index (χ1) is 13.7. The summed E-state index contributed by atoms with van der Waals surface area (Å²) in [5, 5.41) is 11.7. The molecule has 166 valence electrons. The maximum atomic E-state index is 13.1. The Hall–Kier alpha value is -2.28. The number of hydrogen-bond donors (Lipinski definition) is 1.